The van der Waals surface area contributed by atoms with E-state index in [1.54, 1.807) is 50.9 Å². The van der Waals surface area contributed by atoms with Crippen LogP contribution in [-0.2, 0) is 4.79 Å². The van der Waals surface area contributed by atoms with Gasteiger partial charge in [-0.25, -0.2) is 0 Å². The SMILES string of the molecule is COc1ccc(NC(=O)C=Cc2ccncc2)cc1OC. The van der Waals surface area contributed by atoms with E-state index in [0.717, 1.165) is 5.56 Å². The Labute approximate surface area is 123 Å². The molecule has 108 valence electrons. The Bertz CT molecular complexity index is 639. The molecule has 21 heavy (non-hydrogen) atoms. The summed E-state index contributed by atoms with van der Waals surface area (Å²) in [6.07, 6.45) is 6.53. The number of benzene rings is 1. The monoisotopic (exact) mass is 284 g/mol. The van der Waals surface area contributed by atoms with E-state index < -0.39 is 0 Å². The van der Waals surface area contributed by atoms with Gasteiger partial charge >= 0.3 is 0 Å². The third-order valence-electron chi connectivity index (χ3n) is 2.78. The minimum atomic E-state index is -0.223. The first kappa shape index (κ1) is 14.6. The molecule has 0 saturated carbocycles. The number of hydrogen-bond acceptors (Lipinski definition) is 4. The number of carbonyl (C=O) groups is 1. The second-order valence-corrected chi connectivity index (χ2v) is 4.17. The summed E-state index contributed by atoms with van der Waals surface area (Å²) in [5, 5.41) is 2.76. The zero-order valence-corrected chi connectivity index (χ0v) is 11.9. The molecule has 0 aliphatic rings. The normalized spacial score (nSPS) is 10.4. The third-order valence-corrected chi connectivity index (χ3v) is 2.78. The summed E-state index contributed by atoms with van der Waals surface area (Å²) in [5.41, 5.74) is 1.55. The van der Waals surface area contributed by atoms with E-state index >= 15 is 0 Å². The Hall–Kier alpha value is -2.82. The van der Waals surface area contributed by atoms with Gasteiger partial charge in [-0.3, -0.25) is 9.78 Å². The Kier molecular flexibility index (Phi) is 4.93. The molecule has 0 unspecified atom stereocenters. The Morgan fingerprint density at radius 2 is 1.81 bits per heavy atom. The predicted molar refractivity (Wildman–Crippen MR) is 81.4 cm³/mol. The molecular formula is C16H16N2O3. The molecule has 0 saturated heterocycles. The number of pyridine rings is 1. The van der Waals surface area contributed by atoms with Crippen molar-refractivity contribution in [1.29, 1.82) is 0 Å². The number of aromatic nitrogens is 1. The molecule has 0 aliphatic heterocycles. The summed E-state index contributed by atoms with van der Waals surface area (Å²) in [4.78, 5) is 15.8. The van der Waals surface area contributed by atoms with E-state index in [-0.39, 0.29) is 5.91 Å². The van der Waals surface area contributed by atoms with Crippen LogP contribution in [0.1, 0.15) is 5.56 Å². The largest absolute Gasteiger partial charge is 0.493 e. The van der Waals surface area contributed by atoms with Gasteiger partial charge in [-0.2, -0.15) is 0 Å². The van der Waals surface area contributed by atoms with Crippen LogP contribution in [0.3, 0.4) is 0 Å². The van der Waals surface area contributed by atoms with Crippen LogP contribution in [-0.4, -0.2) is 25.1 Å². The lowest BCUT2D eigenvalue weighted by Gasteiger charge is -2.09. The molecule has 0 aliphatic carbocycles. The van der Waals surface area contributed by atoms with Gasteiger partial charge in [0, 0.05) is 30.2 Å². The predicted octanol–water partition coefficient (Wildman–Crippen LogP) is 2.75. The van der Waals surface area contributed by atoms with E-state index in [0.29, 0.717) is 17.2 Å². The van der Waals surface area contributed by atoms with Gasteiger partial charge in [0.15, 0.2) is 11.5 Å². The van der Waals surface area contributed by atoms with Crippen LogP contribution >= 0.6 is 0 Å². The molecule has 2 aromatic rings. The number of anilines is 1. The Balaban J connectivity index is 2.04. The van der Waals surface area contributed by atoms with Crippen LogP contribution in [0.5, 0.6) is 11.5 Å². The number of rotatable bonds is 5. The molecule has 1 amide bonds. The molecule has 2 rings (SSSR count). The number of amides is 1. The van der Waals surface area contributed by atoms with Gasteiger partial charge in [-0.15, -0.1) is 0 Å². The zero-order valence-electron chi connectivity index (χ0n) is 11.9. The van der Waals surface area contributed by atoms with Crippen molar-refractivity contribution in [1.82, 2.24) is 4.98 Å². The smallest absolute Gasteiger partial charge is 0.248 e. The van der Waals surface area contributed by atoms with Crippen LogP contribution in [0.15, 0.2) is 48.8 Å². The van der Waals surface area contributed by atoms with E-state index in [9.17, 15) is 4.79 Å². The summed E-state index contributed by atoms with van der Waals surface area (Å²) in [6.45, 7) is 0. The van der Waals surface area contributed by atoms with Crippen LogP contribution in [0.25, 0.3) is 6.08 Å². The molecule has 1 aromatic heterocycles. The molecule has 1 aromatic carbocycles. The first-order chi connectivity index (χ1) is 10.2. The molecule has 0 bridgehead atoms. The molecule has 0 radical (unpaired) electrons. The highest BCUT2D eigenvalue weighted by Crippen LogP contribution is 2.29. The van der Waals surface area contributed by atoms with Crippen LogP contribution in [0, 0.1) is 0 Å². The maximum Gasteiger partial charge on any atom is 0.248 e. The second-order valence-electron chi connectivity index (χ2n) is 4.17. The number of nitrogens with zero attached hydrogens (tertiary/aromatic N) is 1. The highest BCUT2D eigenvalue weighted by atomic mass is 16.5. The van der Waals surface area contributed by atoms with Crippen molar-refractivity contribution in [3.8, 4) is 11.5 Å². The second kappa shape index (κ2) is 7.09. The molecule has 1 heterocycles. The van der Waals surface area contributed by atoms with Crippen LogP contribution in [0.2, 0.25) is 0 Å². The van der Waals surface area contributed by atoms with Crippen molar-refractivity contribution < 1.29 is 14.3 Å². The molecule has 5 heteroatoms. The van der Waals surface area contributed by atoms with Crippen LogP contribution in [0.4, 0.5) is 5.69 Å². The van der Waals surface area contributed by atoms with Crippen molar-refractivity contribution in [2.45, 2.75) is 0 Å². The van der Waals surface area contributed by atoms with Gasteiger partial charge in [-0.05, 0) is 35.9 Å². The third kappa shape index (κ3) is 4.07. The average molecular weight is 284 g/mol. The first-order valence-corrected chi connectivity index (χ1v) is 6.34. The first-order valence-electron chi connectivity index (χ1n) is 6.34. The number of carbonyl (C=O) groups excluding carboxylic acids is 1. The highest BCUT2D eigenvalue weighted by Gasteiger charge is 2.05. The Morgan fingerprint density at radius 3 is 2.48 bits per heavy atom. The van der Waals surface area contributed by atoms with Gasteiger partial charge < -0.3 is 14.8 Å². The summed E-state index contributed by atoms with van der Waals surface area (Å²) in [6, 6.07) is 8.83. The average Bonchev–Trinajstić information content (AvgIpc) is 2.53. The molecule has 0 spiro atoms. The van der Waals surface area contributed by atoms with Crippen molar-refractivity contribution in [3.63, 3.8) is 0 Å². The molecule has 0 fully saturated rings. The molecule has 0 atom stereocenters. The fourth-order valence-electron chi connectivity index (χ4n) is 1.74. The van der Waals surface area contributed by atoms with E-state index in [2.05, 4.69) is 10.3 Å². The number of hydrogen-bond donors (Lipinski definition) is 1. The summed E-state index contributed by atoms with van der Waals surface area (Å²) in [7, 11) is 3.11. The van der Waals surface area contributed by atoms with Crippen molar-refractivity contribution >= 4 is 17.7 Å². The summed E-state index contributed by atoms with van der Waals surface area (Å²) >= 11 is 0. The van der Waals surface area contributed by atoms with Gasteiger partial charge in [0.25, 0.3) is 0 Å². The summed E-state index contributed by atoms with van der Waals surface area (Å²) < 4.78 is 10.3. The topological polar surface area (TPSA) is 60.5 Å². The van der Waals surface area contributed by atoms with Gasteiger partial charge in [-0.1, -0.05) is 0 Å². The highest BCUT2D eigenvalue weighted by molar-refractivity contribution is 6.02. The zero-order chi connectivity index (χ0) is 15.1. The van der Waals surface area contributed by atoms with Crippen molar-refractivity contribution in [2.24, 2.45) is 0 Å². The Morgan fingerprint density at radius 1 is 1.10 bits per heavy atom. The van der Waals surface area contributed by atoms with Crippen LogP contribution < -0.4 is 14.8 Å². The van der Waals surface area contributed by atoms with E-state index in [4.69, 9.17) is 9.47 Å². The van der Waals surface area contributed by atoms with Gasteiger partial charge in [0.2, 0.25) is 5.91 Å². The van der Waals surface area contributed by atoms with Gasteiger partial charge in [0.1, 0.15) is 0 Å². The van der Waals surface area contributed by atoms with E-state index in [1.807, 2.05) is 12.1 Å². The number of methoxy groups -OCH3 is 2. The van der Waals surface area contributed by atoms with E-state index in [1.165, 1.54) is 6.08 Å². The van der Waals surface area contributed by atoms with Crippen molar-refractivity contribution in [2.75, 3.05) is 19.5 Å². The summed E-state index contributed by atoms with van der Waals surface area (Å²) in [5.74, 6) is 0.954. The van der Waals surface area contributed by atoms with Crippen molar-refractivity contribution in [3.05, 3.63) is 54.4 Å². The lowest BCUT2D eigenvalue weighted by atomic mass is 10.2. The standard InChI is InChI=1S/C16H16N2O3/c1-20-14-5-4-13(11-15(14)21-2)18-16(19)6-3-12-7-9-17-10-8-12/h3-11H,1-2H3,(H,18,19). The molecule has 5 nitrogen and oxygen atoms in total. The quantitative estimate of drug-likeness (QED) is 0.858. The van der Waals surface area contributed by atoms with Gasteiger partial charge in [0.05, 0.1) is 14.2 Å². The fourth-order valence-corrected chi connectivity index (χ4v) is 1.74. The molecule has 1 N–H and O–H groups in total. The minimum Gasteiger partial charge on any atom is -0.493 e. The maximum absolute atomic E-state index is 11.9. The number of nitrogens with one attached hydrogen (secondary N) is 1. The fraction of sp³-hybridized carbons (Fsp3) is 0.125. The lowest BCUT2D eigenvalue weighted by Crippen LogP contribution is -2.07. The minimum absolute atomic E-state index is 0.223. The molecular weight excluding hydrogens is 268 g/mol. The number of ether oxygens (including phenoxy) is 2. The maximum atomic E-state index is 11.9. The lowest BCUT2D eigenvalue weighted by molar-refractivity contribution is -0.111.